The van der Waals surface area contributed by atoms with E-state index in [1.54, 1.807) is 0 Å². The molecule has 0 heterocycles. The number of nitrogens with one attached hydrogen (secondary N) is 2. The summed E-state index contributed by atoms with van der Waals surface area (Å²) in [6.45, 7) is 3.20. The summed E-state index contributed by atoms with van der Waals surface area (Å²) in [6, 6.07) is 16.5. The molecule has 1 amide bonds. The second-order valence-corrected chi connectivity index (χ2v) is 7.19. The lowest BCUT2D eigenvalue weighted by Crippen LogP contribution is -2.20. The molecule has 24 heavy (non-hydrogen) atoms. The zero-order valence-electron chi connectivity index (χ0n) is 14.1. The van der Waals surface area contributed by atoms with Gasteiger partial charge in [-0.1, -0.05) is 30.3 Å². The Bertz CT molecular complexity index is 737. The monoisotopic (exact) mass is 320 g/mol. The number of anilines is 1. The summed E-state index contributed by atoms with van der Waals surface area (Å²) in [5.74, 6) is 1.51. The Morgan fingerprint density at radius 2 is 1.92 bits per heavy atom. The molecule has 3 nitrogen and oxygen atoms in total. The van der Waals surface area contributed by atoms with Gasteiger partial charge < -0.3 is 10.6 Å². The highest BCUT2D eigenvalue weighted by atomic mass is 16.1. The Morgan fingerprint density at radius 1 is 1.12 bits per heavy atom. The van der Waals surface area contributed by atoms with Crippen molar-refractivity contribution in [3.05, 3.63) is 65.2 Å². The molecule has 2 N–H and O–H groups in total. The normalized spacial score (nSPS) is 22.2. The van der Waals surface area contributed by atoms with Crippen molar-refractivity contribution in [3.8, 4) is 0 Å². The second kappa shape index (κ2) is 6.40. The molecule has 2 unspecified atom stereocenters. The minimum atomic E-state index is -0.0375. The van der Waals surface area contributed by atoms with Crippen LogP contribution in [0.25, 0.3) is 0 Å². The van der Waals surface area contributed by atoms with Crippen molar-refractivity contribution in [2.24, 2.45) is 5.92 Å². The molecule has 2 aliphatic carbocycles. The van der Waals surface area contributed by atoms with Gasteiger partial charge in [0, 0.05) is 23.2 Å². The highest BCUT2D eigenvalue weighted by molar-refractivity contribution is 6.05. The Balaban J connectivity index is 1.39. The smallest absolute Gasteiger partial charge is 0.255 e. The van der Waals surface area contributed by atoms with Crippen molar-refractivity contribution in [2.75, 3.05) is 11.9 Å². The Labute approximate surface area is 143 Å². The van der Waals surface area contributed by atoms with Gasteiger partial charge in [0.25, 0.3) is 5.91 Å². The van der Waals surface area contributed by atoms with Crippen LogP contribution in [0.2, 0.25) is 0 Å². The van der Waals surface area contributed by atoms with E-state index in [-0.39, 0.29) is 5.91 Å². The number of hydrogen-bond acceptors (Lipinski definition) is 2. The van der Waals surface area contributed by atoms with Gasteiger partial charge in [-0.25, -0.2) is 0 Å². The van der Waals surface area contributed by atoms with Crippen molar-refractivity contribution >= 4 is 11.6 Å². The largest absolute Gasteiger partial charge is 0.322 e. The molecule has 4 rings (SSSR count). The van der Waals surface area contributed by atoms with Crippen molar-refractivity contribution < 1.29 is 4.79 Å². The quantitative estimate of drug-likeness (QED) is 0.841. The lowest BCUT2D eigenvalue weighted by Gasteiger charge is -2.10. The minimum absolute atomic E-state index is 0.0375. The van der Waals surface area contributed by atoms with Crippen molar-refractivity contribution in [1.29, 1.82) is 0 Å². The average molecular weight is 320 g/mol. The number of amides is 1. The SMILES string of the molecule is Cc1cc(C2CC2NCC2CC2)ccc1C(=O)Nc1ccccc1. The van der Waals surface area contributed by atoms with Gasteiger partial charge in [-0.3, -0.25) is 4.79 Å². The summed E-state index contributed by atoms with van der Waals surface area (Å²) in [6.07, 6.45) is 4.02. The first-order valence-corrected chi connectivity index (χ1v) is 8.91. The number of hydrogen-bond donors (Lipinski definition) is 2. The molecule has 3 heteroatoms. The van der Waals surface area contributed by atoms with E-state index in [1.807, 2.05) is 43.3 Å². The van der Waals surface area contributed by atoms with Gasteiger partial charge >= 0.3 is 0 Å². The molecule has 124 valence electrons. The molecule has 2 aliphatic rings. The number of carbonyl (C=O) groups is 1. The van der Waals surface area contributed by atoms with Gasteiger partial charge in [0.15, 0.2) is 0 Å². The molecule has 0 aliphatic heterocycles. The van der Waals surface area contributed by atoms with Crippen LogP contribution in [-0.2, 0) is 0 Å². The first kappa shape index (κ1) is 15.4. The van der Waals surface area contributed by atoms with Crippen molar-refractivity contribution in [1.82, 2.24) is 5.32 Å². The van der Waals surface area contributed by atoms with E-state index in [4.69, 9.17) is 0 Å². The predicted octanol–water partition coefficient (Wildman–Crippen LogP) is 4.10. The molecular formula is C21H24N2O. The van der Waals surface area contributed by atoms with Crippen molar-refractivity contribution in [3.63, 3.8) is 0 Å². The Morgan fingerprint density at radius 3 is 2.62 bits per heavy atom. The highest BCUT2D eigenvalue weighted by Crippen LogP contribution is 2.42. The first-order chi connectivity index (χ1) is 11.7. The summed E-state index contributed by atoms with van der Waals surface area (Å²) < 4.78 is 0. The number of benzene rings is 2. The van der Waals surface area contributed by atoms with Crippen LogP contribution in [0.3, 0.4) is 0 Å². The van der Waals surface area contributed by atoms with E-state index in [9.17, 15) is 4.79 Å². The average Bonchev–Trinajstić information content (AvgIpc) is 3.48. The van der Waals surface area contributed by atoms with Crippen LogP contribution in [0.4, 0.5) is 5.69 Å². The third-order valence-corrected chi connectivity index (χ3v) is 5.11. The third kappa shape index (κ3) is 3.51. The predicted molar refractivity (Wildman–Crippen MR) is 97.4 cm³/mol. The third-order valence-electron chi connectivity index (χ3n) is 5.11. The highest BCUT2D eigenvalue weighted by Gasteiger charge is 2.39. The number of carbonyl (C=O) groups excluding carboxylic acids is 1. The molecule has 2 saturated carbocycles. The lowest BCUT2D eigenvalue weighted by atomic mass is 10.0. The van der Waals surface area contributed by atoms with Crippen LogP contribution in [-0.4, -0.2) is 18.5 Å². The fourth-order valence-electron chi connectivity index (χ4n) is 3.32. The van der Waals surface area contributed by atoms with Gasteiger partial charge in [0.2, 0.25) is 0 Å². The van der Waals surface area contributed by atoms with Crippen LogP contribution >= 0.6 is 0 Å². The Hall–Kier alpha value is -2.13. The number of para-hydroxylation sites is 1. The van der Waals surface area contributed by atoms with Crippen LogP contribution in [0.5, 0.6) is 0 Å². The maximum absolute atomic E-state index is 12.5. The van der Waals surface area contributed by atoms with E-state index in [1.165, 1.54) is 31.4 Å². The summed E-state index contributed by atoms with van der Waals surface area (Å²) in [4.78, 5) is 12.5. The molecule has 0 radical (unpaired) electrons. The van der Waals surface area contributed by atoms with Crippen LogP contribution < -0.4 is 10.6 Å². The van der Waals surface area contributed by atoms with Crippen LogP contribution in [0.1, 0.15) is 46.7 Å². The van der Waals surface area contributed by atoms with Gasteiger partial charge in [-0.2, -0.15) is 0 Å². The minimum Gasteiger partial charge on any atom is -0.322 e. The zero-order valence-corrected chi connectivity index (χ0v) is 14.1. The lowest BCUT2D eigenvalue weighted by molar-refractivity contribution is 0.102. The molecule has 2 aromatic rings. The Kier molecular flexibility index (Phi) is 4.11. The topological polar surface area (TPSA) is 41.1 Å². The number of rotatable bonds is 6. The fraction of sp³-hybridized carbons (Fsp3) is 0.381. The summed E-state index contributed by atoms with van der Waals surface area (Å²) in [7, 11) is 0. The number of aryl methyl sites for hydroxylation is 1. The summed E-state index contributed by atoms with van der Waals surface area (Å²) >= 11 is 0. The van der Waals surface area contributed by atoms with E-state index in [2.05, 4.69) is 22.8 Å². The molecule has 2 atom stereocenters. The van der Waals surface area contributed by atoms with E-state index in [0.717, 1.165) is 22.7 Å². The fourth-order valence-corrected chi connectivity index (χ4v) is 3.32. The molecule has 0 bridgehead atoms. The van der Waals surface area contributed by atoms with Crippen LogP contribution in [0, 0.1) is 12.8 Å². The molecule has 0 saturated heterocycles. The molecule has 2 aromatic carbocycles. The molecular weight excluding hydrogens is 296 g/mol. The maximum Gasteiger partial charge on any atom is 0.255 e. The second-order valence-electron chi connectivity index (χ2n) is 7.19. The van der Waals surface area contributed by atoms with E-state index >= 15 is 0 Å². The molecule has 0 spiro atoms. The maximum atomic E-state index is 12.5. The summed E-state index contributed by atoms with van der Waals surface area (Å²) in [5.41, 5.74) is 3.99. The molecule has 0 aromatic heterocycles. The van der Waals surface area contributed by atoms with Gasteiger partial charge in [0.1, 0.15) is 0 Å². The van der Waals surface area contributed by atoms with Crippen LogP contribution in [0.15, 0.2) is 48.5 Å². The molecule has 2 fully saturated rings. The van der Waals surface area contributed by atoms with Gasteiger partial charge in [0.05, 0.1) is 0 Å². The van der Waals surface area contributed by atoms with Gasteiger partial charge in [-0.05, 0) is 68.0 Å². The van der Waals surface area contributed by atoms with E-state index in [0.29, 0.717) is 12.0 Å². The first-order valence-electron chi connectivity index (χ1n) is 8.91. The zero-order chi connectivity index (χ0) is 16.5. The van der Waals surface area contributed by atoms with Crippen molar-refractivity contribution in [2.45, 2.75) is 38.1 Å². The summed E-state index contributed by atoms with van der Waals surface area (Å²) in [5, 5.41) is 6.64. The van der Waals surface area contributed by atoms with Gasteiger partial charge in [-0.15, -0.1) is 0 Å². The standard InChI is InChI=1S/C21H24N2O/c1-14-11-16(19-12-20(19)22-13-15-7-8-15)9-10-18(14)21(24)23-17-5-3-2-4-6-17/h2-6,9-11,15,19-20,22H,7-8,12-13H2,1H3,(H,23,24). The van der Waals surface area contributed by atoms with E-state index < -0.39 is 0 Å².